The van der Waals surface area contributed by atoms with Gasteiger partial charge in [-0.15, -0.1) is 0 Å². The molecule has 0 rings (SSSR count). The van der Waals surface area contributed by atoms with Crippen LogP contribution in [0.15, 0.2) is 0 Å². The van der Waals surface area contributed by atoms with Crippen molar-refractivity contribution < 1.29 is 32.4 Å². The molecule has 0 spiro atoms. The number of rotatable bonds is 4. The maximum Gasteiger partial charge on any atom is 0.408 e. The molecule has 17 heavy (non-hydrogen) atoms. The first kappa shape index (κ1) is 15.7. The average molecular weight is 269 g/mol. The number of alkyl carbamates (subject to hydrolysis) is 1. The van der Waals surface area contributed by atoms with E-state index in [1.165, 1.54) is 0 Å². The van der Waals surface area contributed by atoms with Crippen LogP contribution in [0, 0.1) is 0 Å². The Hall–Kier alpha value is -1.35. The monoisotopic (exact) mass is 269 g/mol. The third-order valence-corrected chi connectivity index (χ3v) is 2.12. The van der Waals surface area contributed by atoms with Crippen LogP contribution in [-0.4, -0.2) is 47.5 Å². The lowest BCUT2D eigenvalue weighted by Crippen LogP contribution is -2.47. The predicted molar refractivity (Wildman–Crippen MR) is 57.2 cm³/mol. The number of carboxylic acids is 1. The molecule has 0 fully saturated rings. The van der Waals surface area contributed by atoms with Crippen LogP contribution in [0.5, 0.6) is 0 Å². The van der Waals surface area contributed by atoms with Gasteiger partial charge in [-0.1, -0.05) is 0 Å². The van der Waals surface area contributed by atoms with E-state index in [1.807, 2.05) is 5.32 Å². The van der Waals surface area contributed by atoms with Crippen LogP contribution in [-0.2, 0) is 19.6 Å². The van der Waals surface area contributed by atoms with Crippen molar-refractivity contribution in [2.24, 2.45) is 0 Å². The highest BCUT2D eigenvalue weighted by molar-refractivity contribution is 7.85. The van der Waals surface area contributed by atoms with Crippen LogP contribution in [0.4, 0.5) is 4.79 Å². The Kier molecular flexibility index (Phi) is 4.90. The molecule has 0 aliphatic carbocycles. The summed E-state index contributed by atoms with van der Waals surface area (Å²) in [5.41, 5.74) is -0.842. The van der Waals surface area contributed by atoms with Crippen molar-refractivity contribution in [1.29, 1.82) is 0 Å². The van der Waals surface area contributed by atoms with E-state index in [-0.39, 0.29) is 0 Å². The van der Waals surface area contributed by atoms with Gasteiger partial charge in [-0.05, 0) is 20.8 Å². The first-order valence-corrected chi connectivity index (χ1v) is 6.19. The molecule has 0 aromatic carbocycles. The number of carboxylic acid groups (broad SMARTS) is 1. The van der Waals surface area contributed by atoms with Gasteiger partial charge in [0.25, 0.3) is 10.1 Å². The molecule has 0 saturated heterocycles. The highest BCUT2D eigenvalue weighted by Gasteiger charge is 2.27. The molecule has 0 heterocycles. The van der Waals surface area contributed by atoms with Crippen molar-refractivity contribution in [1.82, 2.24) is 5.32 Å². The zero-order chi connectivity index (χ0) is 13.9. The Labute approximate surface area is 98.7 Å². The van der Waals surface area contributed by atoms with Gasteiger partial charge < -0.3 is 15.2 Å². The Bertz CT molecular complexity index is 395. The van der Waals surface area contributed by atoms with Crippen molar-refractivity contribution in [2.75, 3.05) is 5.75 Å². The lowest BCUT2D eigenvalue weighted by molar-refractivity contribution is -0.138. The largest absolute Gasteiger partial charge is 0.480 e. The second-order valence-electron chi connectivity index (χ2n) is 4.29. The topological polar surface area (TPSA) is 130 Å². The molecule has 0 aromatic heterocycles. The van der Waals surface area contributed by atoms with E-state index < -0.39 is 39.6 Å². The van der Waals surface area contributed by atoms with E-state index in [9.17, 15) is 18.0 Å². The predicted octanol–water partition coefficient (Wildman–Crippen LogP) is -0.148. The third-order valence-electron chi connectivity index (χ3n) is 1.37. The van der Waals surface area contributed by atoms with Gasteiger partial charge in [0.2, 0.25) is 0 Å². The Morgan fingerprint density at radius 2 is 1.82 bits per heavy atom. The van der Waals surface area contributed by atoms with Crippen LogP contribution in [0.3, 0.4) is 0 Å². The standard InChI is InChI=1S/C8H15NO7S/c1-8(2,3)16-7(12)9-5(6(10)11)4-17(13,14)15/h5H,4H2,1-3H3,(H,9,12)(H,10,11)(H,13,14,15)/t5-/m1/s1. The lowest BCUT2D eigenvalue weighted by atomic mass is 10.2. The van der Waals surface area contributed by atoms with Gasteiger partial charge in [-0.2, -0.15) is 8.42 Å². The van der Waals surface area contributed by atoms with Gasteiger partial charge in [0.1, 0.15) is 17.4 Å². The van der Waals surface area contributed by atoms with E-state index in [1.54, 1.807) is 20.8 Å². The smallest absolute Gasteiger partial charge is 0.408 e. The molecule has 100 valence electrons. The zero-order valence-electron chi connectivity index (χ0n) is 9.63. The van der Waals surface area contributed by atoms with Crippen LogP contribution in [0.1, 0.15) is 20.8 Å². The Morgan fingerprint density at radius 3 is 2.12 bits per heavy atom. The first-order chi connectivity index (χ1) is 7.41. The average Bonchev–Trinajstić information content (AvgIpc) is 1.95. The first-order valence-electron chi connectivity index (χ1n) is 4.58. The number of amides is 1. The molecule has 0 aliphatic heterocycles. The fraction of sp³-hybridized carbons (Fsp3) is 0.750. The molecule has 1 atom stereocenters. The highest BCUT2D eigenvalue weighted by Crippen LogP contribution is 2.07. The minimum Gasteiger partial charge on any atom is -0.480 e. The fourth-order valence-corrected chi connectivity index (χ4v) is 1.48. The normalized spacial score (nSPS) is 13.9. The van der Waals surface area contributed by atoms with Gasteiger partial charge in [0.05, 0.1) is 0 Å². The van der Waals surface area contributed by atoms with Gasteiger partial charge in [-0.3, -0.25) is 4.55 Å². The molecule has 0 saturated carbocycles. The van der Waals surface area contributed by atoms with Crippen molar-refractivity contribution >= 4 is 22.2 Å². The minimum atomic E-state index is -4.51. The van der Waals surface area contributed by atoms with Crippen LogP contribution in [0.2, 0.25) is 0 Å². The number of aliphatic carboxylic acids is 1. The van der Waals surface area contributed by atoms with Crippen molar-refractivity contribution in [3.05, 3.63) is 0 Å². The zero-order valence-corrected chi connectivity index (χ0v) is 10.4. The molecule has 0 unspecified atom stereocenters. The summed E-state index contributed by atoms with van der Waals surface area (Å²) in [6, 6.07) is -1.76. The molecule has 0 radical (unpaired) electrons. The minimum absolute atomic E-state index is 0.842. The number of carbonyl (C=O) groups is 2. The summed E-state index contributed by atoms with van der Waals surface area (Å²) in [4.78, 5) is 21.8. The molecular weight excluding hydrogens is 254 g/mol. The molecule has 0 aromatic rings. The Morgan fingerprint density at radius 1 is 1.35 bits per heavy atom. The summed E-state index contributed by atoms with van der Waals surface area (Å²) in [6.45, 7) is 4.68. The molecule has 1 amide bonds. The fourth-order valence-electron chi connectivity index (χ4n) is 0.835. The number of hydrogen-bond acceptors (Lipinski definition) is 5. The summed E-state index contributed by atoms with van der Waals surface area (Å²) in [5, 5.41) is 10.5. The van der Waals surface area contributed by atoms with Crippen molar-refractivity contribution in [2.45, 2.75) is 32.4 Å². The summed E-state index contributed by atoms with van der Waals surface area (Å²) in [5.74, 6) is -2.71. The summed E-state index contributed by atoms with van der Waals surface area (Å²) >= 11 is 0. The lowest BCUT2D eigenvalue weighted by Gasteiger charge is -2.21. The van der Waals surface area contributed by atoms with Crippen LogP contribution < -0.4 is 5.32 Å². The molecule has 3 N–H and O–H groups in total. The summed E-state index contributed by atoms with van der Waals surface area (Å²) in [6.07, 6.45) is -1.08. The quantitative estimate of drug-likeness (QED) is 0.605. The molecule has 0 bridgehead atoms. The maximum atomic E-state index is 11.2. The number of hydrogen-bond donors (Lipinski definition) is 3. The Balaban J connectivity index is 4.58. The second kappa shape index (κ2) is 5.32. The van der Waals surface area contributed by atoms with E-state index in [4.69, 9.17) is 14.4 Å². The van der Waals surface area contributed by atoms with Gasteiger partial charge >= 0.3 is 12.1 Å². The van der Waals surface area contributed by atoms with Crippen molar-refractivity contribution in [3.63, 3.8) is 0 Å². The van der Waals surface area contributed by atoms with Crippen molar-refractivity contribution in [3.8, 4) is 0 Å². The number of nitrogens with one attached hydrogen (secondary N) is 1. The van der Waals surface area contributed by atoms with Gasteiger partial charge in [0, 0.05) is 0 Å². The third kappa shape index (κ3) is 8.46. The molecule has 0 aliphatic rings. The summed E-state index contributed by atoms with van der Waals surface area (Å²) in [7, 11) is -4.51. The van der Waals surface area contributed by atoms with Gasteiger partial charge in [0.15, 0.2) is 0 Å². The number of carbonyl (C=O) groups excluding carboxylic acids is 1. The van der Waals surface area contributed by atoms with Gasteiger partial charge in [-0.25, -0.2) is 9.59 Å². The highest BCUT2D eigenvalue weighted by atomic mass is 32.2. The molecule has 9 heteroatoms. The van der Waals surface area contributed by atoms with Crippen LogP contribution in [0.25, 0.3) is 0 Å². The molecule has 8 nitrogen and oxygen atoms in total. The number of ether oxygens (including phenoxy) is 1. The summed E-state index contributed by atoms with van der Waals surface area (Å²) < 4.78 is 34.3. The van der Waals surface area contributed by atoms with E-state index in [0.29, 0.717) is 0 Å². The van der Waals surface area contributed by atoms with Crippen LogP contribution >= 0.6 is 0 Å². The van der Waals surface area contributed by atoms with E-state index >= 15 is 0 Å². The SMILES string of the molecule is CC(C)(C)OC(=O)N[C@H](CS(=O)(=O)O)C(=O)O. The molecular formula is C8H15NO7S. The maximum absolute atomic E-state index is 11.2. The van der Waals surface area contributed by atoms with E-state index in [0.717, 1.165) is 0 Å². The second-order valence-corrected chi connectivity index (χ2v) is 5.78. The van der Waals surface area contributed by atoms with E-state index in [2.05, 4.69) is 0 Å².